The van der Waals surface area contributed by atoms with Crippen LogP contribution >= 0.6 is 11.3 Å². The third-order valence-corrected chi connectivity index (χ3v) is 6.55. The number of ether oxygens (including phenoxy) is 1. The van der Waals surface area contributed by atoms with Gasteiger partial charge in [-0.2, -0.15) is 0 Å². The lowest BCUT2D eigenvalue weighted by atomic mass is 9.85. The summed E-state index contributed by atoms with van der Waals surface area (Å²) in [5, 5.41) is 0. The van der Waals surface area contributed by atoms with Gasteiger partial charge in [-0.25, -0.2) is 0 Å². The van der Waals surface area contributed by atoms with Crippen molar-refractivity contribution < 1.29 is 4.74 Å². The fraction of sp³-hybridized carbons (Fsp3) is 0.765. The second-order valence-electron chi connectivity index (χ2n) is 6.77. The molecule has 0 unspecified atom stereocenters. The van der Waals surface area contributed by atoms with Gasteiger partial charge in [-0.05, 0) is 51.8 Å². The van der Waals surface area contributed by atoms with Gasteiger partial charge < -0.3 is 4.74 Å². The van der Waals surface area contributed by atoms with E-state index < -0.39 is 0 Å². The third-order valence-electron chi connectivity index (χ3n) is 5.56. The highest BCUT2D eigenvalue weighted by Gasteiger charge is 2.45. The lowest BCUT2D eigenvalue weighted by molar-refractivity contribution is 0.0284. The molecule has 2 aliphatic heterocycles. The maximum Gasteiger partial charge on any atom is 0.0618 e. The van der Waals surface area contributed by atoms with Gasteiger partial charge in [0.15, 0.2) is 0 Å². The number of rotatable bonds is 4. The Morgan fingerprint density at radius 3 is 2.67 bits per heavy atom. The molecule has 2 saturated heterocycles. The second kappa shape index (κ2) is 6.37. The zero-order valence-corrected chi connectivity index (χ0v) is 14.4. The number of piperidine rings is 1. The van der Waals surface area contributed by atoms with E-state index in [9.17, 15) is 0 Å². The summed E-state index contributed by atoms with van der Waals surface area (Å²) in [6.45, 7) is 6.70. The summed E-state index contributed by atoms with van der Waals surface area (Å²) >= 11 is 1.94. The lowest BCUT2D eigenvalue weighted by Gasteiger charge is -2.45. The van der Waals surface area contributed by atoms with E-state index in [1.165, 1.54) is 48.5 Å². The van der Waals surface area contributed by atoms with E-state index in [2.05, 4.69) is 35.9 Å². The second-order valence-corrected chi connectivity index (χ2v) is 8.14. The molecule has 0 bridgehead atoms. The van der Waals surface area contributed by atoms with Gasteiger partial charge in [0.2, 0.25) is 0 Å². The van der Waals surface area contributed by atoms with E-state index in [0.717, 1.165) is 13.2 Å². The van der Waals surface area contributed by atoms with Gasteiger partial charge in [-0.15, -0.1) is 11.3 Å². The van der Waals surface area contributed by atoms with E-state index >= 15 is 0 Å². The van der Waals surface area contributed by atoms with Crippen LogP contribution in [0.4, 0.5) is 0 Å². The van der Waals surface area contributed by atoms with Gasteiger partial charge in [-0.3, -0.25) is 9.80 Å². The van der Waals surface area contributed by atoms with Crippen LogP contribution in [0.5, 0.6) is 0 Å². The highest BCUT2D eigenvalue weighted by molar-refractivity contribution is 7.11. The number of likely N-dealkylation sites (tertiary alicyclic amines) is 2. The van der Waals surface area contributed by atoms with Crippen molar-refractivity contribution in [2.75, 3.05) is 33.9 Å². The smallest absolute Gasteiger partial charge is 0.0618 e. The summed E-state index contributed by atoms with van der Waals surface area (Å²) in [5.41, 5.74) is 0.449. The molecule has 4 heteroatoms. The normalized spacial score (nSPS) is 26.7. The summed E-state index contributed by atoms with van der Waals surface area (Å²) in [6.07, 6.45) is 5.28. The molecule has 2 fully saturated rings. The Balaban J connectivity index is 1.55. The lowest BCUT2D eigenvalue weighted by Crippen LogP contribution is -2.52. The van der Waals surface area contributed by atoms with Crippen LogP contribution in [0.2, 0.25) is 0 Å². The summed E-state index contributed by atoms with van der Waals surface area (Å²) < 4.78 is 5.38. The molecule has 1 aromatic heterocycles. The SMILES string of the molecule is COC[C@@H]1CCC2(CCN(Cc3ccc(C)s3)CC2)N1C. The van der Waals surface area contributed by atoms with Crippen molar-refractivity contribution in [3.8, 4) is 0 Å². The molecule has 1 spiro atoms. The van der Waals surface area contributed by atoms with Crippen molar-refractivity contribution in [3.05, 3.63) is 21.9 Å². The van der Waals surface area contributed by atoms with Crippen LogP contribution in [0, 0.1) is 6.92 Å². The first-order chi connectivity index (χ1) is 10.1. The number of hydrogen-bond donors (Lipinski definition) is 0. The van der Waals surface area contributed by atoms with E-state index in [0.29, 0.717) is 11.6 Å². The van der Waals surface area contributed by atoms with Crippen molar-refractivity contribution >= 4 is 11.3 Å². The van der Waals surface area contributed by atoms with Crippen LogP contribution in [-0.4, -0.2) is 55.2 Å². The Morgan fingerprint density at radius 2 is 2.05 bits per heavy atom. The van der Waals surface area contributed by atoms with Crippen LogP contribution in [-0.2, 0) is 11.3 Å². The average molecular weight is 308 g/mol. The summed E-state index contributed by atoms with van der Waals surface area (Å²) in [6, 6.07) is 5.16. The first-order valence-corrected chi connectivity index (χ1v) is 8.94. The minimum absolute atomic E-state index is 0.449. The van der Waals surface area contributed by atoms with Crippen molar-refractivity contribution in [2.24, 2.45) is 0 Å². The fourth-order valence-corrected chi connectivity index (χ4v) is 5.03. The number of hydrogen-bond acceptors (Lipinski definition) is 4. The monoisotopic (exact) mass is 308 g/mol. The maximum atomic E-state index is 5.38. The molecule has 118 valence electrons. The van der Waals surface area contributed by atoms with Gasteiger partial charge in [0.1, 0.15) is 0 Å². The Bertz CT molecular complexity index is 465. The first kappa shape index (κ1) is 15.5. The van der Waals surface area contributed by atoms with Gasteiger partial charge >= 0.3 is 0 Å². The Hall–Kier alpha value is -0.420. The fourth-order valence-electron chi connectivity index (χ4n) is 4.10. The maximum absolute atomic E-state index is 5.38. The van der Waals surface area contributed by atoms with Crippen LogP contribution in [0.1, 0.15) is 35.4 Å². The third kappa shape index (κ3) is 3.19. The van der Waals surface area contributed by atoms with E-state index in [1.807, 2.05) is 18.4 Å². The van der Waals surface area contributed by atoms with Crippen molar-refractivity contribution in [1.29, 1.82) is 0 Å². The molecule has 0 radical (unpaired) electrons. The number of aryl methyl sites for hydroxylation is 1. The molecule has 21 heavy (non-hydrogen) atoms. The molecule has 3 rings (SSSR count). The van der Waals surface area contributed by atoms with Crippen molar-refractivity contribution in [1.82, 2.24) is 9.80 Å². The molecular weight excluding hydrogens is 280 g/mol. The van der Waals surface area contributed by atoms with E-state index in [4.69, 9.17) is 4.74 Å². The predicted octanol–water partition coefficient (Wildman–Crippen LogP) is 3.13. The molecule has 0 saturated carbocycles. The molecule has 2 aliphatic rings. The van der Waals surface area contributed by atoms with E-state index in [1.54, 1.807) is 0 Å². The number of methoxy groups -OCH3 is 1. The van der Waals surface area contributed by atoms with Gasteiger partial charge in [0.05, 0.1) is 6.61 Å². The molecule has 1 aromatic rings. The number of nitrogens with zero attached hydrogens (tertiary/aromatic N) is 2. The topological polar surface area (TPSA) is 15.7 Å². The molecule has 3 heterocycles. The summed E-state index contributed by atoms with van der Waals surface area (Å²) in [5.74, 6) is 0. The number of likely N-dealkylation sites (N-methyl/N-ethyl adjacent to an activating group) is 1. The Morgan fingerprint density at radius 1 is 1.29 bits per heavy atom. The molecular formula is C17H28N2OS. The van der Waals surface area contributed by atoms with Crippen molar-refractivity contribution in [3.63, 3.8) is 0 Å². The molecule has 3 nitrogen and oxygen atoms in total. The minimum Gasteiger partial charge on any atom is -0.383 e. The first-order valence-electron chi connectivity index (χ1n) is 8.12. The predicted molar refractivity (Wildman–Crippen MR) is 89.0 cm³/mol. The highest BCUT2D eigenvalue weighted by atomic mass is 32.1. The average Bonchev–Trinajstić information content (AvgIpc) is 3.01. The Labute approximate surface area is 132 Å². The summed E-state index contributed by atoms with van der Waals surface area (Å²) in [4.78, 5) is 8.20. The van der Waals surface area contributed by atoms with Gasteiger partial charge in [0, 0.05) is 48.1 Å². The van der Waals surface area contributed by atoms with Crippen LogP contribution in [0.3, 0.4) is 0 Å². The van der Waals surface area contributed by atoms with Gasteiger partial charge in [0.25, 0.3) is 0 Å². The molecule has 1 atom stereocenters. The van der Waals surface area contributed by atoms with E-state index in [-0.39, 0.29) is 0 Å². The van der Waals surface area contributed by atoms with Gasteiger partial charge in [-0.1, -0.05) is 0 Å². The minimum atomic E-state index is 0.449. The van der Waals surface area contributed by atoms with Crippen LogP contribution in [0.25, 0.3) is 0 Å². The van der Waals surface area contributed by atoms with Crippen molar-refractivity contribution in [2.45, 2.75) is 50.7 Å². The zero-order valence-electron chi connectivity index (χ0n) is 13.6. The van der Waals surface area contributed by atoms with Crippen LogP contribution < -0.4 is 0 Å². The molecule has 0 aliphatic carbocycles. The van der Waals surface area contributed by atoms with Crippen LogP contribution in [0.15, 0.2) is 12.1 Å². The zero-order chi connectivity index (χ0) is 14.9. The molecule has 0 N–H and O–H groups in total. The number of thiophene rings is 1. The highest BCUT2D eigenvalue weighted by Crippen LogP contribution is 2.40. The summed E-state index contributed by atoms with van der Waals surface area (Å²) in [7, 11) is 4.14. The molecule has 0 aromatic carbocycles. The largest absolute Gasteiger partial charge is 0.383 e. The quantitative estimate of drug-likeness (QED) is 0.850. The standard InChI is InChI=1S/C17H28N2OS/c1-14-4-5-16(21-14)12-19-10-8-17(9-11-19)7-6-15(13-20-3)18(17)2/h4-5,15H,6-13H2,1-3H3/t15-/m0/s1. The molecule has 0 amide bonds. The Kier molecular flexibility index (Phi) is 4.69.